The number of hydrogen-bond acceptors (Lipinski definition) is 3. The summed E-state index contributed by atoms with van der Waals surface area (Å²) in [6, 6.07) is 13.5. The van der Waals surface area contributed by atoms with Gasteiger partial charge in [-0.1, -0.05) is 18.2 Å². The fourth-order valence-corrected chi connectivity index (χ4v) is 2.35. The van der Waals surface area contributed by atoms with Crippen LogP contribution in [0.3, 0.4) is 0 Å². The first-order chi connectivity index (χ1) is 11.6. The highest BCUT2D eigenvalue weighted by atomic mass is 19.1. The number of amides is 1. The number of rotatable bonds is 8. The van der Waals surface area contributed by atoms with Gasteiger partial charge in [0, 0.05) is 12.6 Å². The van der Waals surface area contributed by atoms with E-state index in [4.69, 9.17) is 4.74 Å². The standard InChI is InChI=1S/C19H23FN2O2/c1-21-12-11-15-5-3-4-6-18(15)19(23)22(2)13-14-24-17-9-7-16(20)8-10-17/h3-10,21H,11-14H2,1-2H3. The Morgan fingerprint density at radius 1 is 1.17 bits per heavy atom. The van der Waals surface area contributed by atoms with Crippen LogP contribution in [-0.2, 0) is 6.42 Å². The first-order valence-electron chi connectivity index (χ1n) is 7.98. The van der Waals surface area contributed by atoms with E-state index in [9.17, 15) is 9.18 Å². The van der Waals surface area contributed by atoms with E-state index in [1.807, 2.05) is 31.3 Å². The Hall–Kier alpha value is -2.40. The van der Waals surface area contributed by atoms with E-state index < -0.39 is 0 Å². The Kier molecular flexibility index (Phi) is 6.75. The molecular weight excluding hydrogens is 307 g/mol. The maximum atomic E-state index is 12.8. The first kappa shape index (κ1) is 17.9. The molecule has 0 aliphatic carbocycles. The number of halogens is 1. The molecule has 0 aromatic heterocycles. The van der Waals surface area contributed by atoms with Crippen LogP contribution in [0.1, 0.15) is 15.9 Å². The average molecular weight is 330 g/mol. The highest BCUT2D eigenvalue weighted by Crippen LogP contribution is 2.13. The summed E-state index contributed by atoms with van der Waals surface area (Å²) in [5, 5.41) is 3.10. The number of likely N-dealkylation sites (N-methyl/N-ethyl adjacent to an activating group) is 2. The molecule has 2 rings (SSSR count). The zero-order valence-electron chi connectivity index (χ0n) is 14.1. The molecule has 0 heterocycles. The second-order valence-corrected chi connectivity index (χ2v) is 5.54. The van der Waals surface area contributed by atoms with E-state index in [0.29, 0.717) is 18.9 Å². The van der Waals surface area contributed by atoms with Gasteiger partial charge in [0.2, 0.25) is 0 Å². The van der Waals surface area contributed by atoms with Crippen LogP contribution in [0, 0.1) is 5.82 Å². The van der Waals surface area contributed by atoms with E-state index in [1.165, 1.54) is 12.1 Å². The number of carbonyl (C=O) groups excluding carboxylic acids is 1. The van der Waals surface area contributed by atoms with Crippen molar-refractivity contribution in [2.24, 2.45) is 0 Å². The summed E-state index contributed by atoms with van der Waals surface area (Å²) in [5.74, 6) is 0.268. The minimum absolute atomic E-state index is 0.0237. The number of benzene rings is 2. The van der Waals surface area contributed by atoms with Gasteiger partial charge in [0.15, 0.2) is 0 Å². The molecule has 2 aromatic rings. The van der Waals surface area contributed by atoms with Gasteiger partial charge in [-0.05, 0) is 55.9 Å². The van der Waals surface area contributed by atoms with Crippen molar-refractivity contribution in [3.63, 3.8) is 0 Å². The molecule has 2 aromatic carbocycles. The van der Waals surface area contributed by atoms with Crippen molar-refractivity contribution in [3.05, 3.63) is 65.5 Å². The lowest BCUT2D eigenvalue weighted by molar-refractivity contribution is 0.0772. The molecular formula is C19H23FN2O2. The average Bonchev–Trinajstić information content (AvgIpc) is 2.61. The van der Waals surface area contributed by atoms with Gasteiger partial charge >= 0.3 is 0 Å². The van der Waals surface area contributed by atoms with Crippen LogP contribution < -0.4 is 10.1 Å². The Labute approximate surface area is 142 Å². The first-order valence-corrected chi connectivity index (χ1v) is 7.98. The minimum atomic E-state index is -0.298. The van der Waals surface area contributed by atoms with Crippen molar-refractivity contribution in [2.75, 3.05) is 33.8 Å². The molecule has 4 nitrogen and oxygen atoms in total. The van der Waals surface area contributed by atoms with Crippen LogP contribution in [-0.4, -0.2) is 44.6 Å². The van der Waals surface area contributed by atoms with Gasteiger partial charge in [-0.3, -0.25) is 4.79 Å². The summed E-state index contributed by atoms with van der Waals surface area (Å²) in [6.45, 7) is 1.63. The van der Waals surface area contributed by atoms with Gasteiger partial charge in [0.1, 0.15) is 18.2 Å². The van der Waals surface area contributed by atoms with Gasteiger partial charge in [-0.25, -0.2) is 4.39 Å². The Morgan fingerprint density at radius 3 is 2.58 bits per heavy atom. The van der Waals surface area contributed by atoms with Crippen molar-refractivity contribution >= 4 is 5.91 Å². The summed E-state index contributed by atoms with van der Waals surface area (Å²) in [4.78, 5) is 14.3. The normalized spacial score (nSPS) is 10.5. The van der Waals surface area contributed by atoms with Crippen molar-refractivity contribution < 1.29 is 13.9 Å². The zero-order chi connectivity index (χ0) is 17.4. The third kappa shape index (κ3) is 5.06. The Balaban J connectivity index is 1.91. The molecule has 1 N–H and O–H groups in total. The third-order valence-corrected chi connectivity index (χ3v) is 3.75. The Morgan fingerprint density at radius 2 is 1.88 bits per heavy atom. The maximum absolute atomic E-state index is 12.8. The SMILES string of the molecule is CNCCc1ccccc1C(=O)N(C)CCOc1ccc(F)cc1. The van der Waals surface area contributed by atoms with E-state index in [-0.39, 0.29) is 11.7 Å². The Bertz CT molecular complexity index is 659. The number of nitrogens with zero attached hydrogens (tertiary/aromatic N) is 1. The second kappa shape index (κ2) is 9.03. The van der Waals surface area contributed by atoms with Crippen LogP contribution in [0.15, 0.2) is 48.5 Å². The van der Waals surface area contributed by atoms with Crippen LogP contribution in [0.5, 0.6) is 5.75 Å². The molecule has 0 aliphatic heterocycles. The fourth-order valence-electron chi connectivity index (χ4n) is 2.35. The quantitative estimate of drug-likeness (QED) is 0.809. The minimum Gasteiger partial charge on any atom is -0.492 e. The topological polar surface area (TPSA) is 41.6 Å². The highest BCUT2D eigenvalue weighted by Gasteiger charge is 2.15. The van der Waals surface area contributed by atoms with E-state index in [0.717, 1.165) is 24.1 Å². The molecule has 0 bridgehead atoms. The number of ether oxygens (including phenoxy) is 1. The van der Waals surface area contributed by atoms with Crippen molar-refractivity contribution in [2.45, 2.75) is 6.42 Å². The maximum Gasteiger partial charge on any atom is 0.253 e. The molecule has 5 heteroatoms. The predicted molar refractivity (Wildman–Crippen MR) is 92.9 cm³/mol. The lowest BCUT2D eigenvalue weighted by Crippen LogP contribution is -2.31. The zero-order valence-corrected chi connectivity index (χ0v) is 14.1. The molecule has 0 aliphatic rings. The molecule has 0 saturated carbocycles. The summed E-state index contributed by atoms with van der Waals surface area (Å²) >= 11 is 0. The molecule has 0 unspecified atom stereocenters. The van der Waals surface area contributed by atoms with Crippen LogP contribution in [0.25, 0.3) is 0 Å². The fraction of sp³-hybridized carbons (Fsp3) is 0.316. The van der Waals surface area contributed by atoms with Crippen molar-refractivity contribution in [1.82, 2.24) is 10.2 Å². The number of nitrogens with one attached hydrogen (secondary N) is 1. The predicted octanol–water partition coefficient (Wildman–Crippen LogP) is 2.74. The van der Waals surface area contributed by atoms with Gasteiger partial charge in [-0.15, -0.1) is 0 Å². The smallest absolute Gasteiger partial charge is 0.253 e. The van der Waals surface area contributed by atoms with Crippen molar-refractivity contribution in [1.29, 1.82) is 0 Å². The summed E-state index contributed by atoms with van der Waals surface area (Å²) in [5.41, 5.74) is 1.75. The van der Waals surface area contributed by atoms with Gasteiger partial charge in [-0.2, -0.15) is 0 Å². The molecule has 0 atom stereocenters. The highest BCUT2D eigenvalue weighted by molar-refractivity contribution is 5.95. The molecule has 0 radical (unpaired) electrons. The number of hydrogen-bond donors (Lipinski definition) is 1. The molecule has 24 heavy (non-hydrogen) atoms. The van der Waals surface area contributed by atoms with Crippen LogP contribution >= 0.6 is 0 Å². The second-order valence-electron chi connectivity index (χ2n) is 5.54. The summed E-state index contributed by atoms with van der Waals surface area (Å²) < 4.78 is 18.4. The molecule has 0 fully saturated rings. The summed E-state index contributed by atoms with van der Waals surface area (Å²) in [6.07, 6.45) is 0.804. The van der Waals surface area contributed by atoms with Crippen molar-refractivity contribution in [3.8, 4) is 5.75 Å². The van der Waals surface area contributed by atoms with E-state index in [2.05, 4.69) is 5.32 Å². The third-order valence-electron chi connectivity index (χ3n) is 3.75. The largest absolute Gasteiger partial charge is 0.492 e. The van der Waals surface area contributed by atoms with Gasteiger partial charge in [0.05, 0.1) is 6.54 Å². The van der Waals surface area contributed by atoms with E-state index in [1.54, 1.807) is 24.1 Å². The molecule has 1 amide bonds. The molecule has 0 saturated heterocycles. The van der Waals surface area contributed by atoms with Gasteiger partial charge < -0.3 is 15.0 Å². The number of carbonyl (C=O) groups is 1. The van der Waals surface area contributed by atoms with Gasteiger partial charge in [0.25, 0.3) is 5.91 Å². The van der Waals surface area contributed by atoms with Crippen LogP contribution in [0.2, 0.25) is 0 Å². The monoisotopic (exact) mass is 330 g/mol. The lowest BCUT2D eigenvalue weighted by Gasteiger charge is -2.19. The molecule has 128 valence electrons. The summed E-state index contributed by atoms with van der Waals surface area (Å²) in [7, 11) is 3.65. The van der Waals surface area contributed by atoms with Crippen LogP contribution in [0.4, 0.5) is 4.39 Å². The van der Waals surface area contributed by atoms with E-state index >= 15 is 0 Å². The lowest BCUT2D eigenvalue weighted by atomic mass is 10.0. The molecule has 0 spiro atoms.